The summed E-state index contributed by atoms with van der Waals surface area (Å²) in [6.07, 6.45) is 1.52. The molecule has 0 saturated heterocycles. The van der Waals surface area contributed by atoms with Crippen LogP contribution in [-0.4, -0.2) is 66.8 Å². The molecule has 3 aromatic rings. The number of methoxy groups -OCH3 is 4. The summed E-state index contributed by atoms with van der Waals surface area (Å²) in [6, 6.07) is 4.62. The van der Waals surface area contributed by atoms with E-state index in [0.717, 1.165) is 4.57 Å². The lowest BCUT2D eigenvalue weighted by Gasteiger charge is -2.22. The van der Waals surface area contributed by atoms with Crippen LogP contribution in [0.15, 0.2) is 30.6 Å². The smallest absolute Gasteiger partial charge is 0.163 e. The highest BCUT2D eigenvalue weighted by Crippen LogP contribution is 2.35. The standard InChI is InChI=1S/C21H26ClN5O6S/c1-13(20(33-5)21-23-9-14(22)10-24-21)34(28,29)12-18-26-25-17(11-30-2)27(18)19-15(31-3)7-6-8-16(19)32-4/h6-10,13,20H,11-12H2,1-5H3/t13-,20-/m0/s1/i2D3,11D2. The molecule has 13 heteroatoms. The maximum atomic E-state index is 13.6. The van der Waals surface area contributed by atoms with Crippen molar-refractivity contribution in [1.29, 1.82) is 0 Å². The molecule has 0 aliphatic carbocycles. The van der Waals surface area contributed by atoms with Crippen LogP contribution < -0.4 is 9.47 Å². The molecule has 0 aliphatic heterocycles. The van der Waals surface area contributed by atoms with E-state index in [2.05, 4.69) is 24.9 Å². The van der Waals surface area contributed by atoms with E-state index in [1.807, 2.05) is 0 Å². The van der Waals surface area contributed by atoms with Gasteiger partial charge in [-0.15, -0.1) is 10.2 Å². The van der Waals surface area contributed by atoms with Crippen LogP contribution in [0.5, 0.6) is 11.5 Å². The zero-order valence-corrected chi connectivity index (χ0v) is 20.3. The average molecular weight is 517 g/mol. The molecular formula is C21H26ClN5O6S. The SMILES string of the molecule is [2H]C([2H])([2H])OC([2H])([2H])c1nnc(CS(=O)(=O)[C@@H](C)[C@H](OC)c2ncc(Cl)cn2)n1-c1c(OC)cccc1OC. The van der Waals surface area contributed by atoms with Gasteiger partial charge >= 0.3 is 0 Å². The average Bonchev–Trinajstić information content (AvgIpc) is 3.26. The Morgan fingerprint density at radius 3 is 2.29 bits per heavy atom. The van der Waals surface area contributed by atoms with Gasteiger partial charge in [0.2, 0.25) is 0 Å². The van der Waals surface area contributed by atoms with E-state index < -0.39 is 46.4 Å². The van der Waals surface area contributed by atoms with Crippen molar-refractivity contribution in [3.63, 3.8) is 0 Å². The molecule has 0 aliphatic rings. The summed E-state index contributed by atoms with van der Waals surface area (Å²) in [5, 5.41) is 6.74. The summed E-state index contributed by atoms with van der Waals surface area (Å²) in [7, 11) is -3.32. The molecule has 2 heterocycles. The van der Waals surface area contributed by atoms with Gasteiger partial charge in [0.25, 0.3) is 0 Å². The second-order valence-electron chi connectivity index (χ2n) is 6.92. The molecular weight excluding hydrogens is 486 g/mol. The zero-order valence-electron chi connectivity index (χ0n) is 23.7. The van der Waals surface area contributed by atoms with Gasteiger partial charge in [-0.05, 0) is 19.1 Å². The van der Waals surface area contributed by atoms with E-state index in [-0.39, 0.29) is 33.9 Å². The van der Waals surface area contributed by atoms with Gasteiger partial charge in [-0.2, -0.15) is 0 Å². The lowest BCUT2D eigenvalue weighted by Crippen LogP contribution is -2.30. The molecule has 0 bridgehead atoms. The molecule has 0 saturated carbocycles. The van der Waals surface area contributed by atoms with E-state index in [9.17, 15) is 8.42 Å². The maximum Gasteiger partial charge on any atom is 0.163 e. The van der Waals surface area contributed by atoms with E-state index in [0.29, 0.717) is 0 Å². The Labute approximate surface area is 210 Å². The molecule has 0 fully saturated rings. The minimum atomic E-state index is -4.14. The number of nitrogens with zero attached hydrogens (tertiary/aromatic N) is 5. The third-order valence-corrected chi connectivity index (χ3v) is 7.21. The number of aromatic nitrogens is 5. The van der Waals surface area contributed by atoms with Crippen molar-refractivity contribution >= 4 is 21.4 Å². The van der Waals surface area contributed by atoms with Crippen LogP contribution in [0.4, 0.5) is 0 Å². The van der Waals surface area contributed by atoms with Crippen molar-refractivity contribution in [3.05, 3.63) is 53.1 Å². The summed E-state index contributed by atoms with van der Waals surface area (Å²) >= 11 is 5.84. The Hall–Kier alpha value is -2.80. The van der Waals surface area contributed by atoms with Crippen molar-refractivity contribution in [2.75, 3.05) is 28.4 Å². The highest BCUT2D eigenvalue weighted by molar-refractivity contribution is 7.91. The molecule has 34 heavy (non-hydrogen) atoms. The third-order valence-electron chi connectivity index (χ3n) is 4.97. The highest BCUT2D eigenvalue weighted by Gasteiger charge is 2.35. The summed E-state index contributed by atoms with van der Waals surface area (Å²) in [4.78, 5) is 8.11. The lowest BCUT2D eigenvalue weighted by atomic mass is 10.2. The monoisotopic (exact) mass is 516 g/mol. The van der Waals surface area contributed by atoms with E-state index >= 15 is 0 Å². The number of ether oxygens (including phenoxy) is 4. The molecule has 0 radical (unpaired) electrons. The Morgan fingerprint density at radius 1 is 1.12 bits per heavy atom. The van der Waals surface area contributed by atoms with Crippen LogP contribution in [0.3, 0.4) is 0 Å². The summed E-state index contributed by atoms with van der Waals surface area (Å²) in [6.45, 7) is -1.65. The molecule has 0 N–H and O–H groups in total. The van der Waals surface area contributed by atoms with Gasteiger partial charge in [0, 0.05) is 26.5 Å². The van der Waals surface area contributed by atoms with Gasteiger partial charge in [0.15, 0.2) is 27.3 Å². The molecule has 184 valence electrons. The number of para-hydroxylation sites is 1. The predicted molar refractivity (Wildman–Crippen MR) is 124 cm³/mol. The van der Waals surface area contributed by atoms with Crippen molar-refractivity contribution < 1.29 is 34.2 Å². The van der Waals surface area contributed by atoms with E-state index in [1.165, 1.54) is 52.8 Å². The Balaban J connectivity index is 2.17. The van der Waals surface area contributed by atoms with Crippen LogP contribution in [0, 0.1) is 0 Å². The summed E-state index contributed by atoms with van der Waals surface area (Å²) in [5.74, 6) is -1.35. The minimum absolute atomic E-state index is 0.0303. The number of hydrogen-bond donors (Lipinski definition) is 0. The molecule has 11 nitrogen and oxygen atoms in total. The largest absolute Gasteiger partial charge is 0.494 e. The first kappa shape index (κ1) is 19.5. The zero-order chi connectivity index (χ0) is 29.2. The molecule has 2 atom stereocenters. The van der Waals surface area contributed by atoms with Crippen LogP contribution in [-0.2, 0) is 31.6 Å². The second kappa shape index (κ2) is 11.1. The number of sulfone groups is 1. The van der Waals surface area contributed by atoms with Gasteiger partial charge in [-0.25, -0.2) is 18.4 Å². The first-order valence-corrected chi connectivity index (χ1v) is 11.8. The molecule has 0 unspecified atom stereocenters. The van der Waals surface area contributed by atoms with Crippen LogP contribution in [0.2, 0.25) is 5.02 Å². The summed E-state index contributed by atoms with van der Waals surface area (Å²) in [5.41, 5.74) is 0.0303. The summed E-state index contributed by atoms with van der Waals surface area (Å²) < 4.78 is 87.8. The van der Waals surface area contributed by atoms with Crippen molar-refractivity contribution in [2.24, 2.45) is 0 Å². The topological polar surface area (TPSA) is 128 Å². The van der Waals surface area contributed by atoms with Gasteiger partial charge in [-0.1, -0.05) is 17.7 Å². The fraction of sp³-hybridized carbons (Fsp3) is 0.429. The lowest BCUT2D eigenvalue weighted by molar-refractivity contribution is 0.0948. The van der Waals surface area contributed by atoms with Gasteiger partial charge in [0.1, 0.15) is 35.6 Å². The molecule has 2 aromatic heterocycles. The third kappa shape index (κ3) is 5.30. The first-order chi connectivity index (χ1) is 18.1. The van der Waals surface area contributed by atoms with Crippen molar-refractivity contribution in [3.8, 4) is 17.2 Å². The van der Waals surface area contributed by atoms with E-state index in [4.69, 9.17) is 32.7 Å². The molecule has 3 rings (SSSR count). The van der Waals surface area contributed by atoms with E-state index in [1.54, 1.807) is 6.07 Å². The Morgan fingerprint density at radius 2 is 1.74 bits per heavy atom. The van der Waals surface area contributed by atoms with Crippen LogP contribution >= 0.6 is 11.6 Å². The van der Waals surface area contributed by atoms with Gasteiger partial charge < -0.3 is 18.9 Å². The number of rotatable bonds is 11. The molecule has 1 aromatic carbocycles. The fourth-order valence-electron chi connectivity index (χ4n) is 3.28. The minimum Gasteiger partial charge on any atom is -0.494 e. The van der Waals surface area contributed by atoms with Crippen molar-refractivity contribution in [1.82, 2.24) is 24.7 Å². The predicted octanol–water partition coefficient (Wildman–Crippen LogP) is 2.57. The Kier molecular flexibility index (Phi) is 6.36. The molecule has 0 amide bonds. The highest BCUT2D eigenvalue weighted by atomic mass is 35.5. The van der Waals surface area contributed by atoms with Gasteiger partial charge in [0.05, 0.1) is 31.3 Å². The number of benzene rings is 1. The quantitative estimate of drug-likeness (QED) is 0.375. The van der Waals surface area contributed by atoms with Crippen LogP contribution in [0.25, 0.3) is 5.69 Å². The fourth-order valence-corrected chi connectivity index (χ4v) is 4.80. The molecule has 0 spiro atoms. The first-order valence-electron chi connectivity index (χ1n) is 12.2. The second-order valence-corrected chi connectivity index (χ2v) is 9.71. The number of halogens is 1. The van der Waals surface area contributed by atoms with Crippen molar-refractivity contribution in [2.45, 2.75) is 30.6 Å². The van der Waals surface area contributed by atoms with Gasteiger partial charge in [-0.3, -0.25) is 4.57 Å². The normalized spacial score (nSPS) is 16.4. The maximum absolute atomic E-state index is 13.6. The Bertz CT molecular complexity index is 1380. The van der Waals surface area contributed by atoms with Crippen LogP contribution in [0.1, 0.15) is 37.4 Å². The number of hydrogen-bond acceptors (Lipinski definition) is 10.